The van der Waals surface area contributed by atoms with Gasteiger partial charge < -0.3 is 4.57 Å². The van der Waals surface area contributed by atoms with E-state index in [1.807, 2.05) is 17.1 Å². The van der Waals surface area contributed by atoms with Crippen LogP contribution in [0.25, 0.3) is 0 Å². The molecule has 1 atom stereocenters. The molecule has 0 saturated heterocycles. The zero-order valence-corrected chi connectivity index (χ0v) is 8.04. The molecule has 0 aliphatic carbocycles. The van der Waals surface area contributed by atoms with Crippen LogP contribution in [-0.4, -0.2) is 19.3 Å². The summed E-state index contributed by atoms with van der Waals surface area (Å²) in [6.07, 6.45) is 8.07. The Hall–Kier alpha value is -2.09. The Bertz CT molecular complexity index is 510. The topological polar surface area (TPSA) is 59.4 Å². The van der Waals surface area contributed by atoms with E-state index in [-0.39, 0.29) is 0 Å². The van der Waals surface area contributed by atoms with E-state index in [1.54, 1.807) is 12.4 Å². The van der Waals surface area contributed by atoms with Crippen LogP contribution < -0.4 is 0 Å². The Morgan fingerprint density at radius 2 is 2.47 bits per heavy atom. The molecule has 0 bridgehead atoms. The molecule has 3 heterocycles. The second-order valence-corrected chi connectivity index (χ2v) is 3.67. The third-order valence-electron chi connectivity index (χ3n) is 2.73. The maximum atomic E-state index is 8.71. The van der Waals surface area contributed by atoms with Crippen LogP contribution in [0.2, 0.25) is 0 Å². The first-order valence-electron chi connectivity index (χ1n) is 4.81. The van der Waals surface area contributed by atoms with E-state index in [4.69, 9.17) is 5.26 Å². The van der Waals surface area contributed by atoms with E-state index in [0.29, 0.717) is 11.6 Å². The summed E-state index contributed by atoms with van der Waals surface area (Å²) in [5.41, 5.74) is 0.611. The Morgan fingerprint density at radius 3 is 3.20 bits per heavy atom. The molecule has 0 fully saturated rings. The lowest BCUT2D eigenvalue weighted by atomic mass is 10.2. The van der Waals surface area contributed by atoms with Crippen molar-refractivity contribution >= 4 is 0 Å². The van der Waals surface area contributed by atoms with Gasteiger partial charge in [-0.3, -0.25) is 4.68 Å². The van der Waals surface area contributed by atoms with E-state index >= 15 is 0 Å². The van der Waals surface area contributed by atoms with Gasteiger partial charge in [0.1, 0.15) is 11.9 Å². The first kappa shape index (κ1) is 8.24. The molecule has 0 radical (unpaired) electrons. The van der Waals surface area contributed by atoms with Crippen molar-refractivity contribution in [1.82, 2.24) is 19.3 Å². The number of hydrogen-bond donors (Lipinski definition) is 0. The molecule has 1 aliphatic rings. The summed E-state index contributed by atoms with van der Waals surface area (Å²) in [6, 6.07) is 2.38. The monoisotopic (exact) mass is 199 g/mol. The molecule has 5 heteroatoms. The number of fused-ring (bicyclic) bond motifs is 1. The fourth-order valence-corrected chi connectivity index (χ4v) is 1.97. The predicted molar refractivity (Wildman–Crippen MR) is 51.9 cm³/mol. The molecule has 15 heavy (non-hydrogen) atoms. The molecule has 0 N–H and O–H groups in total. The number of imidazole rings is 1. The smallest absolute Gasteiger partial charge is 0.110 e. The van der Waals surface area contributed by atoms with Crippen molar-refractivity contribution in [2.45, 2.75) is 19.0 Å². The van der Waals surface area contributed by atoms with E-state index < -0.39 is 0 Å². The van der Waals surface area contributed by atoms with Gasteiger partial charge in [0.15, 0.2) is 0 Å². The van der Waals surface area contributed by atoms with Gasteiger partial charge in [0, 0.05) is 31.6 Å². The summed E-state index contributed by atoms with van der Waals surface area (Å²) in [7, 11) is 0. The van der Waals surface area contributed by atoms with Crippen molar-refractivity contribution < 1.29 is 0 Å². The summed E-state index contributed by atoms with van der Waals surface area (Å²) in [5, 5.41) is 12.9. The molecule has 74 valence electrons. The van der Waals surface area contributed by atoms with Gasteiger partial charge in [-0.05, 0) is 0 Å². The minimum absolute atomic E-state index is 0.302. The lowest BCUT2D eigenvalue weighted by molar-refractivity contribution is 0.444. The SMILES string of the molecule is N#Cc1cnn([C@@H]2Cc3nccn3C2)c1. The average molecular weight is 199 g/mol. The Kier molecular flexibility index (Phi) is 1.62. The molecule has 0 spiro atoms. The number of rotatable bonds is 1. The van der Waals surface area contributed by atoms with Crippen molar-refractivity contribution in [3.05, 3.63) is 36.2 Å². The molecular formula is C10H9N5. The highest BCUT2D eigenvalue weighted by atomic mass is 15.3. The summed E-state index contributed by atoms with van der Waals surface area (Å²) in [4.78, 5) is 4.26. The lowest BCUT2D eigenvalue weighted by Gasteiger charge is -2.08. The van der Waals surface area contributed by atoms with Crippen LogP contribution in [0.15, 0.2) is 24.8 Å². The van der Waals surface area contributed by atoms with Gasteiger partial charge in [0.2, 0.25) is 0 Å². The van der Waals surface area contributed by atoms with Gasteiger partial charge in [-0.15, -0.1) is 0 Å². The van der Waals surface area contributed by atoms with Gasteiger partial charge in [0.25, 0.3) is 0 Å². The minimum Gasteiger partial charge on any atom is -0.333 e. The maximum absolute atomic E-state index is 8.71. The quantitative estimate of drug-likeness (QED) is 0.680. The molecule has 2 aromatic heterocycles. The predicted octanol–water partition coefficient (Wildman–Crippen LogP) is 0.749. The van der Waals surface area contributed by atoms with Gasteiger partial charge in [0.05, 0.1) is 17.8 Å². The molecule has 1 aliphatic heterocycles. The second-order valence-electron chi connectivity index (χ2n) is 3.67. The zero-order chi connectivity index (χ0) is 10.3. The molecule has 0 aromatic carbocycles. The normalized spacial score (nSPS) is 18.7. The zero-order valence-electron chi connectivity index (χ0n) is 8.04. The maximum Gasteiger partial charge on any atom is 0.110 e. The van der Waals surface area contributed by atoms with E-state index in [0.717, 1.165) is 18.8 Å². The molecule has 5 nitrogen and oxygen atoms in total. The molecule has 2 aromatic rings. The fourth-order valence-electron chi connectivity index (χ4n) is 1.97. The summed E-state index contributed by atoms with van der Waals surface area (Å²) in [6.45, 7) is 0.891. The van der Waals surface area contributed by atoms with Gasteiger partial charge in [-0.1, -0.05) is 0 Å². The second kappa shape index (κ2) is 2.95. The number of aromatic nitrogens is 4. The van der Waals surface area contributed by atoms with Gasteiger partial charge >= 0.3 is 0 Å². The van der Waals surface area contributed by atoms with Gasteiger partial charge in [-0.2, -0.15) is 10.4 Å². The van der Waals surface area contributed by atoms with E-state index in [1.165, 1.54) is 0 Å². The third kappa shape index (κ3) is 1.22. The number of hydrogen-bond acceptors (Lipinski definition) is 3. The van der Waals surface area contributed by atoms with E-state index in [2.05, 4.69) is 20.7 Å². The Labute approximate surface area is 86.6 Å². The first-order valence-corrected chi connectivity index (χ1v) is 4.81. The van der Waals surface area contributed by atoms with Crippen molar-refractivity contribution in [2.75, 3.05) is 0 Å². The highest BCUT2D eigenvalue weighted by molar-refractivity contribution is 5.22. The van der Waals surface area contributed by atoms with Gasteiger partial charge in [-0.25, -0.2) is 4.98 Å². The Balaban J connectivity index is 1.87. The molecule has 0 amide bonds. The van der Waals surface area contributed by atoms with Crippen LogP contribution >= 0.6 is 0 Å². The highest BCUT2D eigenvalue weighted by Gasteiger charge is 2.23. The van der Waals surface area contributed by atoms with Crippen molar-refractivity contribution in [2.24, 2.45) is 0 Å². The standard InChI is InChI=1S/C10H9N5/c11-4-8-5-13-15(6-8)9-3-10-12-1-2-14(10)7-9/h1-2,5-6,9H,3,7H2/t9-/m1/s1. The van der Waals surface area contributed by atoms with Crippen LogP contribution in [0, 0.1) is 11.3 Å². The van der Waals surface area contributed by atoms with Crippen molar-refractivity contribution in [3.63, 3.8) is 0 Å². The molecule has 0 saturated carbocycles. The van der Waals surface area contributed by atoms with Crippen LogP contribution in [0.4, 0.5) is 0 Å². The van der Waals surface area contributed by atoms with E-state index in [9.17, 15) is 0 Å². The molecular weight excluding hydrogens is 190 g/mol. The third-order valence-corrected chi connectivity index (χ3v) is 2.73. The van der Waals surface area contributed by atoms with Crippen LogP contribution in [0.1, 0.15) is 17.4 Å². The average Bonchev–Trinajstić information content (AvgIpc) is 2.91. The summed E-state index contributed by atoms with van der Waals surface area (Å²) >= 11 is 0. The fraction of sp³-hybridized carbons (Fsp3) is 0.300. The number of nitrogens with zero attached hydrogens (tertiary/aromatic N) is 5. The van der Waals surface area contributed by atoms with Crippen LogP contribution in [0.3, 0.4) is 0 Å². The van der Waals surface area contributed by atoms with Crippen molar-refractivity contribution in [3.8, 4) is 6.07 Å². The largest absolute Gasteiger partial charge is 0.333 e. The molecule has 3 rings (SSSR count). The minimum atomic E-state index is 0.302. The summed E-state index contributed by atoms with van der Waals surface area (Å²) in [5.74, 6) is 1.09. The number of nitriles is 1. The Morgan fingerprint density at radius 1 is 1.53 bits per heavy atom. The summed E-state index contributed by atoms with van der Waals surface area (Å²) < 4.78 is 3.98. The highest BCUT2D eigenvalue weighted by Crippen LogP contribution is 2.22. The first-order chi connectivity index (χ1) is 7.36. The van der Waals surface area contributed by atoms with Crippen LogP contribution in [0.5, 0.6) is 0 Å². The van der Waals surface area contributed by atoms with Crippen LogP contribution in [-0.2, 0) is 13.0 Å². The van der Waals surface area contributed by atoms with Crippen molar-refractivity contribution in [1.29, 1.82) is 5.26 Å². The molecule has 0 unspecified atom stereocenters. The lowest BCUT2D eigenvalue weighted by Crippen LogP contribution is -2.10.